The number of anilines is 2. The smallest absolute Gasteiger partial charge is 0.238 e. The summed E-state index contributed by atoms with van der Waals surface area (Å²) in [6.07, 6.45) is 3.51. The van der Waals surface area contributed by atoms with Gasteiger partial charge in [0.05, 0.1) is 6.54 Å². The highest BCUT2D eigenvalue weighted by Crippen LogP contribution is 2.18. The molecule has 1 saturated heterocycles. The number of aromatic nitrogens is 2. The van der Waals surface area contributed by atoms with Gasteiger partial charge in [-0.15, -0.1) is 0 Å². The Kier molecular flexibility index (Phi) is 5.62. The molecular weight excluding hydrogens is 417 g/mol. The van der Waals surface area contributed by atoms with Gasteiger partial charge in [0, 0.05) is 47.8 Å². The van der Waals surface area contributed by atoms with Crippen LogP contribution in [0.15, 0.2) is 36.7 Å². The Morgan fingerprint density at radius 2 is 1.92 bits per heavy atom. The first kappa shape index (κ1) is 17.1. The zero-order valence-corrected chi connectivity index (χ0v) is 15.7. The van der Waals surface area contributed by atoms with Gasteiger partial charge in [-0.3, -0.25) is 9.69 Å². The Hall–Kier alpha value is -1.74. The normalized spacial score (nSPS) is 15.3. The van der Waals surface area contributed by atoms with Crippen molar-refractivity contribution in [2.75, 3.05) is 42.9 Å². The van der Waals surface area contributed by atoms with E-state index in [1.165, 1.54) is 3.57 Å². The van der Waals surface area contributed by atoms with Crippen LogP contribution >= 0.6 is 22.6 Å². The second kappa shape index (κ2) is 7.89. The quantitative estimate of drug-likeness (QED) is 0.744. The van der Waals surface area contributed by atoms with Crippen LogP contribution in [0.3, 0.4) is 0 Å². The fraction of sp³-hybridized carbons (Fsp3) is 0.353. The molecular formula is C17H20IN5O. The highest BCUT2D eigenvalue weighted by Gasteiger charge is 2.20. The zero-order valence-electron chi connectivity index (χ0n) is 13.6. The minimum atomic E-state index is 0.0312. The molecule has 3 rings (SSSR count). The second-order valence-corrected chi connectivity index (χ2v) is 7.07. The number of piperazine rings is 1. The molecule has 0 radical (unpaired) electrons. The lowest BCUT2D eigenvalue weighted by Crippen LogP contribution is -2.49. The first-order chi connectivity index (χ1) is 11.6. The third-order valence-electron chi connectivity index (χ3n) is 4.04. The zero-order chi connectivity index (χ0) is 16.9. The molecule has 1 aromatic heterocycles. The van der Waals surface area contributed by atoms with Crippen LogP contribution in [0, 0.1) is 10.5 Å². The van der Waals surface area contributed by atoms with Gasteiger partial charge < -0.3 is 10.2 Å². The molecule has 1 aliphatic heterocycles. The summed E-state index contributed by atoms with van der Waals surface area (Å²) in [5, 5.41) is 3.01. The van der Waals surface area contributed by atoms with Crippen LogP contribution in [0.4, 0.5) is 11.6 Å². The van der Waals surface area contributed by atoms with Crippen LogP contribution in [0.25, 0.3) is 0 Å². The average Bonchev–Trinajstić information content (AvgIpc) is 2.59. The fourth-order valence-corrected chi connectivity index (χ4v) is 3.37. The molecule has 24 heavy (non-hydrogen) atoms. The predicted molar refractivity (Wildman–Crippen MR) is 103 cm³/mol. The summed E-state index contributed by atoms with van der Waals surface area (Å²) in [6.45, 7) is 5.75. The van der Waals surface area contributed by atoms with E-state index in [0.29, 0.717) is 6.54 Å². The molecule has 1 aliphatic rings. The van der Waals surface area contributed by atoms with Crippen LogP contribution in [0.2, 0.25) is 0 Å². The lowest BCUT2D eigenvalue weighted by molar-refractivity contribution is -0.117. The van der Waals surface area contributed by atoms with Crippen molar-refractivity contribution in [1.29, 1.82) is 0 Å². The molecule has 2 heterocycles. The molecule has 0 unspecified atom stereocenters. The van der Waals surface area contributed by atoms with Crippen molar-refractivity contribution >= 4 is 40.1 Å². The maximum Gasteiger partial charge on any atom is 0.238 e. The summed E-state index contributed by atoms with van der Waals surface area (Å²) >= 11 is 2.27. The van der Waals surface area contributed by atoms with Crippen LogP contribution in [-0.4, -0.2) is 53.5 Å². The van der Waals surface area contributed by atoms with Crippen molar-refractivity contribution in [1.82, 2.24) is 14.9 Å². The first-order valence-corrected chi connectivity index (χ1v) is 9.00. The van der Waals surface area contributed by atoms with Gasteiger partial charge in [0.1, 0.15) is 0 Å². The maximum absolute atomic E-state index is 12.3. The molecule has 1 N–H and O–H groups in total. The third-order valence-corrected chi connectivity index (χ3v) is 4.71. The van der Waals surface area contributed by atoms with Crippen LogP contribution in [0.5, 0.6) is 0 Å². The number of benzene rings is 1. The number of nitrogens with zero attached hydrogens (tertiary/aromatic N) is 4. The minimum Gasteiger partial charge on any atom is -0.338 e. The Morgan fingerprint density at radius 1 is 1.21 bits per heavy atom. The molecule has 0 spiro atoms. The minimum absolute atomic E-state index is 0.0312. The summed E-state index contributed by atoms with van der Waals surface area (Å²) < 4.78 is 1.17. The van der Waals surface area contributed by atoms with Crippen molar-refractivity contribution < 1.29 is 4.79 Å². The van der Waals surface area contributed by atoms with E-state index in [2.05, 4.69) is 53.7 Å². The van der Waals surface area contributed by atoms with Crippen molar-refractivity contribution in [2.24, 2.45) is 0 Å². The number of amides is 1. The van der Waals surface area contributed by atoms with E-state index in [9.17, 15) is 4.79 Å². The van der Waals surface area contributed by atoms with Crippen molar-refractivity contribution in [2.45, 2.75) is 6.92 Å². The lowest BCUT2D eigenvalue weighted by atomic mass is 10.2. The van der Waals surface area contributed by atoms with Crippen LogP contribution in [0.1, 0.15) is 5.56 Å². The van der Waals surface area contributed by atoms with E-state index in [1.807, 2.05) is 25.1 Å². The lowest BCUT2D eigenvalue weighted by Gasteiger charge is -2.34. The van der Waals surface area contributed by atoms with E-state index in [4.69, 9.17) is 0 Å². The molecule has 126 valence electrons. The fourth-order valence-electron chi connectivity index (χ4n) is 2.72. The Bertz CT molecular complexity index is 701. The predicted octanol–water partition coefficient (Wildman–Crippen LogP) is 2.15. The number of carbonyl (C=O) groups is 1. The van der Waals surface area contributed by atoms with Gasteiger partial charge in [0.15, 0.2) is 0 Å². The van der Waals surface area contributed by atoms with E-state index in [1.54, 1.807) is 12.4 Å². The average molecular weight is 437 g/mol. The number of hydrogen-bond acceptors (Lipinski definition) is 5. The van der Waals surface area contributed by atoms with E-state index < -0.39 is 0 Å². The Labute approximate surface area is 155 Å². The van der Waals surface area contributed by atoms with Crippen LogP contribution < -0.4 is 10.2 Å². The van der Waals surface area contributed by atoms with Gasteiger partial charge >= 0.3 is 0 Å². The summed E-state index contributed by atoms with van der Waals surface area (Å²) in [6, 6.07) is 7.84. The Balaban J connectivity index is 1.50. The molecule has 1 amide bonds. The van der Waals surface area contributed by atoms with Gasteiger partial charge in [-0.2, -0.15) is 0 Å². The summed E-state index contributed by atoms with van der Waals surface area (Å²) in [5.41, 5.74) is 1.97. The largest absolute Gasteiger partial charge is 0.338 e. The second-order valence-electron chi connectivity index (χ2n) is 5.82. The van der Waals surface area contributed by atoms with E-state index >= 15 is 0 Å². The standard InChI is InChI=1S/C17H20IN5O/c1-13-11-14(18)3-4-15(13)21-16(24)12-22-7-9-23(10-8-22)17-19-5-2-6-20-17/h2-6,11H,7-10,12H2,1H3,(H,21,24). The Morgan fingerprint density at radius 3 is 2.58 bits per heavy atom. The molecule has 0 saturated carbocycles. The summed E-state index contributed by atoms with van der Waals surface area (Å²) in [7, 11) is 0. The number of rotatable bonds is 4. The molecule has 6 nitrogen and oxygen atoms in total. The topological polar surface area (TPSA) is 61.4 Å². The number of nitrogens with one attached hydrogen (secondary N) is 1. The monoisotopic (exact) mass is 437 g/mol. The molecule has 2 aromatic rings. The number of hydrogen-bond donors (Lipinski definition) is 1. The first-order valence-electron chi connectivity index (χ1n) is 7.92. The van der Waals surface area contributed by atoms with Crippen molar-refractivity contribution in [3.63, 3.8) is 0 Å². The van der Waals surface area contributed by atoms with Gasteiger partial charge in [0.2, 0.25) is 11.9 Å². The molecule has 0 aliphatic carbocycles. The number of halogens is 1. The number of aryl methyl sites for hydroxylation is 1. The van der Waals surface area contributed by atoms with Crippen molar-refractivity contribution in [3.8, 4) is 0 Å². The molecule has 0 bridgehead atoms. The van der Waals surface area contributed by atoms with Gasteiger partial charge in [-0.05, 0) is 59.3 Å². The maximum atomic E-state index is 12.3. The van der Waals surface area contributed by atoms with E-state index in [0.717, 1.165) is 43.4 Å². The highest BCUT2D eigenvalue weighted by atomic mass is 127. The van der Waals surface area contributed by atoms with Crippen molar-refractivity contribution in [3.05, 3.63) is 45.8 Å². The van der Waals surface area contributed by atoms with Gasteiger partial charge in [-0.1, -0.05) is 0 Å². The van der Waals surface area contributed by atoms with E-state index in [-0.39, 0.29) is 5.91 Å². The molecule has 1 aromatic carbocycles. The summed E-state index contributed by atoms with van der Waals surface area (Å²) in [4.78, 5) is 25.1. The molecule has 0 atom stereocenters. The molecule has 7 heteroatoms. The highest BCUT2D eigenvalue weighted by molar-refractivity contribution is 14.1. The SMILES string of the molecule is Cc1cc(I)ccc1NC(=O)CN1CCN(c2ncccn2)CC1. The molecule has 1 fully saturated rings. The third kappa shape index (κ3) is 4.41. The van der Waals surface area contributed by atoms with Gasteiger partial charge in [0.25, 0.3) is 0 Å². The van der Waals surface area contributed by atoms with Crippen LogP contribution in [-0.2, 0) is 4.79 Å². The number of carbonyl (C=O) groups excluding carboxylic acids is 1. The van der Waals surface area contributed by atoms with Gasteiger partial charge in [-0.25, -0.2) is 9.97 Å². The summed E-state index contributed by atoms with van der Waals surface area (Å²) in [5.74, 6) is 0.792.